The Kier molecular flexibility index (Phi) is 5.07. The molecule has 0 aromatic heterocycles. The summed E-state index contributed by atoms with van der Waals surface area (Å²) in [4.78, 5) is 22.5. The van der Waals surface area contributed by atoms with E-state index in [4.69, 9.17) is 21.4 Å². The number of carboxylic acid groups (broad SMARTS) is 1. The van der Waals surface area contributed by atoms with E-state index >= 15 is 0 Å². The van der Waals surface area contributed by atoms with E-state index in [2.05, 4.69) is 5.32 Å². The predicted octanol–water partition coefficient (Wildman–Crippen LogP) is 2.26. The third-order valence-corrected chi connectivity index (χ3v) is 3.70. The molecule has 0 fully saturated rings. The molecule has 2 rings (SSSR count). The van der Waals surface area contributed by atoms with Crippen molar-refractivity contribution in [2.24, 2.45) is 5.92 Å². The second kappa shape index (κ2) is 6.80. The van der Waals surface area contributed by atoms with Crippen LogP contribution >= 0.6 is 11.6 Å². The first-order valence-corrected chi connectivity index (χ1v) is 7.28. The molecular formula is C15H18ClNO4. The minimum atomic E-state index is -0.820. The molecule has 1 aromatic carbocycles. The SMILES string of the molecule is CC(CCC(=O)O)CNC(=O)C1Cc2cc(Cl)ccc2O1. The standard InChI is InChI=1S/C15H18ClNO4/c1-9(2-5-14(18)19)8-17-15(20)13-7-10-6-11(16)3-4-12(10)21-13/h3-4,6,9,13H,2,5,7-8H2,1H3,(H,17,20)(H,18,19). The van der Waals surface area contributed by atoms with Crippen molar-refractivity contribution in [1.82, 2.24) is 5.32 Å². The molecule has 2 unspecified atom stereocenters. The first-order valence-electron chi connectivity index (χ1n) is 6.90. The first kappa shape index (κ1) is 15.6. The number of aliphatic carboxylic acids is 1. The van der Waals surface area contributed by atoms with Gasteiger partial charge in [0.2, 0.25) is 0 Å². The summed E-state index contributed by atoms with van der Waals surface area (Å²) >= 11 is 5.91. The lowest BCUT2D eigenvalue weighted by molar-refractivity contribution is -0.137. The molecule has 1 heterocycles. The topological polar surface area (TPSA) is 75.6 Å². The van der Waals surface area contributed by atoms with Crippen molar-refractivity contribution >= 4 is 23.5 Å². The van der Waals surface area contributed by atoms with Crippen LogP contribution in [-0.2, 0) is 16.0 Å². The van der Waals surface area contributed by atoms with Crippen molar-refractivity contribution in [1.29, 1.82) is 0 Å². The number of carbonyl (C=O) groups is 2. The highest BCUT2D eigenvalue weighted by Gasteiger charge is 2.29. The third-order valence-electron chi connectivity index (χ3n) is 3.47. The molecule has 6 heteroatoms. The van der Waals surface area contributed by atoms with Gasteiger partial charge in [0, 0.05) is 24.4 Å². The summed E-state index contributed by atoms with van der Waals surface area (Å²) in [5, 5.41) is 12.1. The monoisotopic (exact) mass is 311 g/mol. The molecule has 0 saturated carbocycles. The molecule has 1 amide bonds. The van der Waals surface area contributed by atoms with E-state index in [1.807, 2.05) is 6.92 Å². The molecule has 1 aliphatic rings. The molecule has 0 saturated heterocycles. The smallest absolute Gasteiger partial charge is 0.303 e. The molecule has 2 N–H and O–H groups in total. The Morgan fingerprint density at radius 1 is 1.52 bits per heavy atom. The normalized spacial score (nSPS) is 17.7. The Bertz CT molecular complexity index is 546. The van der Waals surface area contributed by atoms with Crippen molar-refractivity contribution in [2.45, 2.75) is 32.3 Å². The Balaban J connectivity index is 1.79. The number of ether oxygens (including phenoxy) is 1. The van der Waals surface area contributed by atoms with Gasteiger partial charge in [-0.3, -0.25) is 9.59 Å². The van der Waals surface area contributed by atoms with Crippen LogP contribution in [0.15, 0.2) is 18.2 Å². The highest BCUT2D eigenvalue weighted by Crippen LogP contribution is 2.31. The van der Waals surface area contributed by atoms with Gasteiger partial charge in [0.15, 0.2) is 6.10 Å². The summed E-state index contributed by atoms with van der Waals surface area (Å²) in [5.41, 5.74) is 0.932. The zero-order chi connectivity index (χ0) is 15.4. The number of hydrogen-bond acceptors (Lipinski definition) is 3. The second-order valence-electron chi connectivity index (χ2n) is 5.35. The summed E-state index contributed by atoms with van der Waals surface area (Å²) in [5.74, 6) is -0.189. The van der Waals surface area contributed by atoms with E-state index in [1.165, 1.54) is 0 Å². The van der Waals surface area contributed by atoms with Gasteiger partial charge in [-0.25, -0.2) is 0 Å². The predicted molar refractivity (Wildman–Crippen MR) is 78.6 cm³/mol. The van der Waals surface area contributed by atoms with E-state index in [9.17, 15) is 9.59 Å². The number of carbonyl (C=O) groups excluding carboxylic acids is 1. The van der Waals surface area contributed by atoms with Gasteiger partial charge in [0.05, 0.1) is 0 Å². The van der Waals surface area contributed by atoms with E-state index in [0.717, 1.165) is 5.56 Å². The van der Waals surface area contributed by atoms with Crippen molar-refractivity contribution in [2.75, 3.05) is 6.54 Å². The zero-order valence-electron chi connectivity index (χ0n) is 11.8. The van der Waals surface area contributed by atoms with Crippen LogP contribution in [0.2, 0.25) is 5.02 Å². The maximum atomic E-state index is 12.1. The fourth-order valence-electron chi connectivity index (χ4n) is 2.22. The van der Waals surface area contributed by atoms with Gasteiger partial charge in [-0.1, -0.05) is 18.5 Å². The van der Waals surface area contributed by atoms with Crippen LogP contribution < -0.4 is 10.1 Å². The van der Waals surface area contributed by atoms with E-state index in [1.54, 1.807) is 18.2 Å². The van der Waals surface area contributed by atoms with Crippen LogP contribution in [0.1, 0.15) is 25.3 Å². The second-order valence-corrected chi connectivity index (χ2v) is 5.78. The molecule has 0 bridgehead atoms. The number of nitrogens with one attached hydrogen (secondary N) is 1. The van der Waals surface area contributed by atoms with E-state index in [0.29, 0.717) is 30.2 Å². The molecule has 2 atom stereocenters. The highest BCUT2D eigenvalue weighted by molar-refractivity contribution is 6.30. The summed E-state index contributed by atoms with van der Waals surface area (Å²) in [6, 6.07) is 5.30. The molecule has 0 spiro atoms. The Morgan fingerprint density at radius 2 is 2.29 bits per heavy atom. The summed E-state index contributed by atoms with van der Waals surface area (Å²) in [6.45, 7) is 2.36. The fraction of sp³-hybridized carbons (Fsp3) is 0.467. The van der Waals surface area contributed by atoms with Crippen molar-refractivity contribution < 1.29 is 19.4 Å². The van der Waals surface area contributed by atoms with Crippen molar-refractivity contribution in [3.8, 4) is 5.75 Å². The lowest BCUT2D eigenvalue weighted by atomic mass is 10.1. The lowest BCUT2D eigenvalue weighted by Gasteiger charge is -2.14. The highest BCUT2D eigenvalue weighted by atomic mass is 35.5. The largest absolute Gasteiger partial charge is 0.481 e. The lowest BCUT2D eigenvalue weighted by Crippen LogP contribution is -2.39. The molecule has 21 heavy (non-hydrogen) atoms. The van der Waals surface area contributed by atoms with Crippen LogP contribution in [0.25, 0.3) is 0 Å². The van der Waals surface area contributed by atoms with Crippen molar-refractivity contribution in [3.05, 3.63) is 28.8 Å². The minimum Gasteiger partial charge on any atom is -0.481 e. The number of rotatable bonds is 6. The molecule has 0 aliphatic carbocycles. The van der Waals surface area contributed by atoms with Gasteiger partial charge in [-0.2, -0.15) is 0 Å². The van der Waals surface area contributed by atoms with Gasteiger partial charge < -0.3 is 15.2 Å². The molecule has 1 aromatic rings. The van der Waals surface area contributed by atoms with Gasteiger partial charge in [0.1, 0.15) is 5.75 Å². The number of benzene rings is 1. The van der Waals surface area contributed by atoms with Gasteiger partial charge in [-0.05, 0) is 36.1 Å². The number of fused-ring (bicyclic) bond motifs is 1. The van der Waals surface area contributed by atoms with Crippen LogP contribution in [0.5, 0.6) is 5.75 Å². The molecular weight excluding hydrogens is 294 g/mol. The Labute approximate surface area is 128 Å². The fourth-order valence-corrected chi connectivity index (χ4v) is 2.42. The molecule has 5 nitrogen and oxygen atoms in total. The summed E-state index contributed by atoms with van der Waals surface area (Å²) in [7, 11) is 0. The van der Waals surface area contributed by atoms with Gasteiger partial charge in [-0.15, -0.1) is 0 Å². The number of halogens is 1. The van der Waals surface area contributed by atoms with Gasteiger partial charge in [0.25, 0.3) is 5.91 Å². The van der Waals surface area contributed by atoms with E-state index < -0.39 is 12.1 Å². The maximum absolute atomic E-state index is 12.1. The Hall–Kier alpha value is -1.75. The van der Waals surface area contributed by atoms with Crippen molar-refractivity contribution in [3.63, 3.8) is 0 Å². The van der Waals surface area contributed by atoms with Crippen LogP contribution in [0.3, 0.4) is 0 Å². The van der Waals surface area contributed by atoms with Crippen LogP contribution in [-0.4, -0.2) is 29.6 Å². The number of amides is 1. The summed E-state index contributed by atoms with van der Waals surface area (Å²) in [6.07, 6.45) is 0.619. The van der Waals surface area contributed by atoms with Crippen LogP contribution in [0, 0.1) is 5.92 Å². The quantitative estimate of drug-likeness (QED) is 0.845. The molecule has 1 aliphatic heterocycles. The summed E-state index contributed by atoms with van der Waals surface area (Å²) < 4.78 is 5.59. The minimum absolute atomic E-state index is 0.112. The molecule has 0 radical (unpaired) electrons. The van der Waals surface area contributed by atoms with Gasteiger partial charge >= 0.3 is 5.97 Å². The third kappa shape index (κ3) is 4.36. The first-order chi connectivity index (χ1) is 9.95. The average molecular weight is 312 g/mol. The van der Waals surface area contributed by atoms with Crippen LogP contribution in [0.4, 0.5) is 0 Å². The van der Waals surface area contributed by atoms with E-state index in [-0.39, 0.29) is 18.2 Å². The maximum Gasteiger partial charge on any atom is 0.303 e. The zero-order valence-corrected chi connectivity index (χ0v) is 12.5. The number of hydrogen-bond donors (Lipinski definition) is 2. The Morgan fingerprint density at radius 3 is 3.00 bits per heavy atom. The number of carboxylic acids is 1. The molecule has 114 valence electrons. The average Bonchev–Trinajstić information content (AvgIpc) is 2.85.